The predicted octanol–water partition coefficient (Wildman–Crippen LogP) is 1.21. The molecule has 2 rings (SSSR count). The van der Waals surface area contributed by atoms with E-state index in [-0.39, 0.29) is 12.0 Å². The lowest BCUT2D eigenvalue weighted by molar-refractivity contribution is -0.141. The van der Waals surface area contributed by atoms with Crippen molar-refractivity contribution in [3.63, 3.8) is 0 Å². The van der Waals surface area contributed by atoms with Gasteiger partial charge in [-0.15, -0.1) is 11.3 Å². The Hall–Kier alpha value is -1.44. The van der Waals surface area contributed by atoms with Crippen LogP contribution in [0.4, 0.5) is 0 Å². The second kappa shape index (κ2) is 6.34. The number of hydrogen-bond acceptors (Lipinski definition) is 5. The lowest BCUT2D eigenvalue weighted by Crippen LogP contribution is -2.40. The van der Waals surface area contributed by atoms with Crippen LogP contribution in [0.5, 0.6) is 0 Å². The minimum absolute atomic E-state index is 0.231. The van der Waals surface area contributed by atoms with E-state index in [0.29, 0.717) is 24.4 Å². The first-order valence-electron chi connectivity index (χ1n) is 6.20. The van der Waals surface area contributed by atoms with E-state index in [2.05, 4.69) is 0 Å². The summed E-state index contributed by atoms with van der Waals surface area (Å²) in [6, 6.07) is 0.992. The maximum absolute atomic E-state index is 12.5. The molecule has 2 unspecified atom stereocenters. The van der Waals surface area contributed by atoms with Crippen LogP contribution >= 0.6 is 11.3 Å². The van der Waals surface area contributed by atoms with Crippen LogP contribution in [0.25, 0.3) is 0 Å². The van der Waals surface area contributed by atoms with Crippen LogP contribution in [-0.2, 0) is 20.9 Å². The molecule has 1 aromatic heterocycles. The Morgan fingerprint density at radius 2 is 2.25 bits per heavy atom. The molecule has 7 heteroatoms. The molecule has 1 aliphatic rings. The van der Waals surface area contributed by atoms with E-state index in [1.807, 2.05) is 6.07 Å². The Labute approximate surface area is 120 Å². The normalized spacial score (nSPS) is 22.2. The van der Waals surface area contributed by atoms with Gasteiger partial charge < -0.3 is 19.5 Å². The molecular formula is C13H17NO5S. The summed E-state index contributed by atoms with van der Waals surface area (Å²) in [7, 11) is 3.09. The van der Waals surface area contributed by atoms with Crippen molar-refractivity contribution in [1.82, 2.24) is 4.90 Å². The minimum Gasteiger partial charge on any atom is -0.480 e. The zero-order valence-corrected chi connectivity index (χ0v) is 12.2. The Morgan fingerprint density at radius 1 is 1.50 bits per heavy atom. The van der Waals surface area contributed by atoms with Crippen molar-refractivity contribution >= 4 is 23.2 Å². The molecule has 0 radical (unpaired) electrons. The fourth-order valence-electron chi connectivity index (χ4n) is 2.35. The average molecular weight is 299 g/mol. The van der Waals surface area contributed by atoms with E-state index in [0.717, 1.165) is 5.56 Å². The van der Waals surface area contributed by atoms with Crippen molar-refractivity contribution in [2.24, 2.45) is 0 Å². The number of hydrogen-bond donors (Lipinski definition) is 1. The van der Waals surface area contributed by atoms with Crippen molar-refractivity contribution in [1.29, 1.82) is 0 Å². The number of likely N-dealkylation sites (tertiary alicyclic amines) is 1. The van der Waals surface area contributed by atoms with Crippen LogP contribution in [0.1, 0.15) is 21.7 Å². The summed E-state index contributed by atoms with van der Waals surface area (Å²) < 4.78 is 10.2. The van der Waals surface area contributed by atoms with Crippen molar-refractivity contribution < 1.29 is 24.2 Å². The van der Waals surface area contributed by atoms with Gasteiger partial charge in [0.05, 0.1) is 17.6 Å². The van der Waals surface area contributed by atoms with Crippen LogP contribution in [0.3, 0.4) is 0 Å². The molecule has 110 valence electrons. The first kappa shape index (κ1) is 15.0. The fourth-order valence-corrected chi connectivity index (χ4v) is 3.21. The molecule has 2 atom stereocenters. The summed E-state index contributed by atoms with van der Waals surface area (Å²) in [6.45, 7) is 0.639. The van der Waals surface area contributed by atoms with Crippen LogP contribution in [-0.4, -0.2) is 54.8 Å². The molecule has 0 aliphatic carbocycles. The lowest BCUT2D eigenvalue weighted by atomic mass is 10.2. The van der Waals surface area contributed by atoms with Gasteiger partial charge in [0, 0.05) is 32.7 Å². The smallest absolute Gasteiger partial charge is 0.326 e. The molecular weight excluding hydrogens is 282 g/mol. The molecule has 1 N–H and O–H groups in total. The molecule has 20 heavy (non-hydrogen) atoms. The largest absolute Gasteiger partial charge is 0.480 e. The summed E-state index contributed by atoms with van der Waals surface area (Å²) in [5.74, 6) is -1.26. The highest BCUT2D eigenvalue weighted by atomic mass is 32.1. The molecule has 1 saturated heterocycles. The van der Waals surface area contributed by atoms with E-state index in [4.69, 9.17) is 9.47 Å². The van der Waals surface area contributed by atoms with Gasteiger partial charge in [0.1, 0.15) is 6.04 Å². The third-order valence-corrected chi connectivity index (χ3v) is 4.33. The van der Waals surface area contributed by atoms with Gasteiger partial charge in [-0.1, -0.05) is 0 Å². The molecule has 0 spiro atoms. The minimum atomic E-state index is -0.997. The second-order valence-corrected chi connectivity index (χ2v) is 5.53. The zero-order valence-electron chi connectivity index (χ0n) is 11.4. The van der Waals surface area contributed by atoms with Gasteiger partial charge >= 0.3 is 5.97 Å². The van der Waals surface area contributed by atoms with Crippen LogP contribution in [0, 0.1) is 0 Å². The molecule has 6 nitrogen and oxygen atoms in total. The second-order valence-electron chi connectivity index (χ2n) is 4.61. The Morgan fingerprint density at radius 3 is 2.85 bits per heavy atom. The van der Waals surface area contributed by atoms with Gasteiger partial charge in [-0.25, -0.2) is 4.79 Å². The van der Waals surface area contributed by atoms with Gasteiger partial charge in [0.25, 0.3) is 5.91 Å². The van der Waals surface area contributed by atoms with Gasteiger partial charge in [-0.3, -0.25) is 4.79 Å². The summed E-state index contributed by atoms with van der Waals surface area (Å²) in [4.78, 5) is 25.7. The van der Waals surface area contributed by atoms with Crippen LogP contribution in [0.2, 0.25) is 0 Å². The number of rotatable bonds is 5. The van der Waals surface area contributed by atoms with E-state index in [1.54, 1.807) is 12.5 Å². The molecule has 1 amide bonds. The number of carboxylic acids is 1. The van der Waals surface area contributed by atoms with Crippen molar-refractivity contribution in [2.75, 3.05) is 20.8 Å². The molecule has 1 aliphatic heterocycles. The monoisotopic (exact) mass is 299 g/mol. The standard InChI is InChI=1S/C13H17NO5S/c1-18-7-8-3-4-20-11(8)12(15)14-6-9(19-2)5-10(14)13(16)17/h3-4,9-10H,5-7H2,1-2H3,(H,16,17). The number of ether oxygens (including phenoxy) is 2. The number of nitrogens with zero attached hydrogens (tertiary/aromatic N) is 1. The first-order chi connectivity index (χ1) is 9.58. The number of amides is 1. The summed E-state index contributed by atoms with van der Waals surface area (Å²) in [6.07, 6.45) is 0.0913. The van der Waals surface area contributed by atoms with Crippen LogP contribution < -0.4 is 0 Å². The van der Waals surface area contributed by atoms with Gasteiger partial charge in [-0.05, 0) is 11.4 Å². The SMILES string of the molecule is COCc1ccsc1C(=O)N1CC(OC)CC1C(=O)O. The van der Waals surface area contributed by atoms with Crippen LogP contribution in [0.15, 0.2) is 11.4 Å². The Balaban J connectivity index is 2.22. The number of aliphatic carboxylic acids is 1. The fraction of sp³-hybridized carbons (Fsp3) is 0.538. The molecule has 1 aromatic rings. The maximum Gasteiger partial charge on any atom is 0.326 e. The number of carbonyl (C=O) groups is 2. The number of carbonyl (C=O) groups excluding carboxylic acids is 1. The van der Waals surface area contributed by atoms with Gasteiger partial charge in [0.15, 0.2) is 0 Å². The molecule has 2 heterocycles. The van der Waals surface area contributed by atoms with Gasteiger partial charge in [0.2, 0.25) is 0 Å². The predicted molar refractivity (Wildman–Crippen MR) is 72.9 cm³/mol. The third kappa shape index (κ3) is 2.84. The molecule has 0 bridgehead atoms. The van der Waals surface area contributed by atoms with E-state index in [1.165, 1.54) is 23.3 Å². The molecule has 0 saturated carbocycles. The highest BCUT2D eigenvalue weighted by Crippen LogP contribution is 2.26. The maximum atomic E-state index is 12.5. The summed E-state index contributed by atoms with van der Waals surface area (Å²) in [5, 5.41) is 11.1. The van der Waals surface area contributed by atoms with Gasteiger partial charge in [-0.2, -0.15) is 0 Å². The first-order valence-corrected chi connectivity index (χ1v) is 7.08. The lowest BCUT2D eigenvalue weighted by Gasteiger charge is -2.21. The Bertz CT molecular complexity index is 501. The summed E-state index contributed by atoms with van der Waals surface area (Å²) >= 11 is 1.30. The van der Waals surface area contributed by atoms with E-state index in [9.17, 15) is 14.7 Å². The van der Waals surface area contributed by atoms with Crippen molar-refractivity contribution in [3.8, 4) is 0 Å². The number of thiophene rings is 1. The van der Waals surface area contributed by atoms with Crippen molar-refractivity contribution in [2.45, 2.75) is 25.2 Å². The number of carboxylic acid groups (broad SMARTS) is 1. The summed E-state index contributed by atoms with van der Waals surface area (Å²) in [5.41, 5.74) is 0.785. The van der Waals surface area contributed by atoms with Crippen molar-refractivity contribution in [3.05, 3.63) is 21.9 Å². The number of methoxy groups -OCH3 is 2. The highest BCUT2D eigenvalue weighted by molar-refractivity contribution is 7.12. The zero-order chi connectivity index (χ0) is 14.7. The molecule has 0 aromatic carbocycles. The molecule has 1 fully saturated rings. The van der Waals surface area contributed by atoms with E-state index >= 15 is 0 Å². The quantitative estimate of drug-likeness (QED) is 0.884. The highest BCUT2D eigenvalue weighted by Gasteiger charge is 2.40. The van der Waals surface area contributed by atoms with E-state index < -0.39 is 12.0 Å². The average Bonchev–Trinajstić information content (AvgIpc) is 3.04. The Kier molecular flexibility index (Phi) is 4.74. The third-order valence-electron chi connectivity index (χ3n) is 3.38. The topological polar surface area (TPSA) is 76.1 Å².